The Hall–Kier alpha value is -1.28. The fraction of sp³-hybridized carbons (Fsp3) is 0.500. The summed E-state index contributed by atoms with van der Waals surface area (Å²) in [6.45, 7) is 8.96. The minimum absolute atomic E-state index is 0. The average molecular weight is 444 g/mol. The number of fused-ring (bicyclic) bond motifs is 1. The first kappa shape index (κ1) is 20.8. The zero-order chi connectivity index (χ0) is 16.3. The molecule has 2 aromatic rings. The van der Waals surface area contributed by atoms with Crippen molar-refractivity contribution in [3.8, 4) is 0 Å². The van der Waals surface area contributed by atoms with E-state index in [2.05, 4.69) is 63.6 Å². The van der Waals surface area contributed by atoms with Gasteiger partial charge in [-0.25, -0.2) is 0 Å². The molecule has 2 rings (SSSR count). The zero-order valence-electron chi connectivity index (χ0n) is 14.6. The molecule has 6 heteroatoms. The van der Waals surface area contributed by atoms with Crippen molar-refractivity contribution in [1.29, 1.82) is 0 Å². The summed E-state index contributed by atoms with van der Waals surface area (Å²) in [5, 5.41) is 7.84. The quantitative estimate of drug-likeness (QED) is 0.270. The Bertz CT molecular complexity index is 612. The van der Waals surface area contributed by atoms with Crippen molar-refractivity contribution in [1.82, 2.24) is 15.2 Å². The van der Waals surface area contributed by atoms with E-state index in [1.54, 1.807) is 0 Å². The maximum Gasteiger partial charge on any atom is 0.191 e. The number of nitrogens with zero attached hydrogens (tertiary/aromatic N) is 2. The average Bonchev–Trinajstić information content (AvgIpc) is 2.98. The van der Waals surface area contributed by atoms with Crippen molar-refractivity contribution < 1.29 is 4.74 Å². The van der Waals surface area contributed by atoms with E-state index in [9.17, 15) is 0 Å². The summed E-state index contributed by atoms with van der Waals surface area (Å²) >= 11 is 0. The van der Waals surface area contributed by atoms with E-state index in [0.29, 0.717) is 6.61 Å². The lowest BCUT2D eigenvalue weighted by atomic mass is 10.2. The summed E-state index contributed by atoms with van der Waals surface area (Å²) in [5.74, 6) is 0.865. The first-order chi connectivity index (χ1) is 11.3. The molecule has 1 aromatic heterocycles. The molecule has 24 heavy (non-hydrogen) atoms. The van der Waals surface area contributed by atoms with Crippen LogP contribution in [0.4, 0.5) is 0 Å². The number of ether oxygens (including phenoxy) is 1. The molecule has 0 spiro atoms. The van der Waals surface area contributed by atoms with E-state index in [1.807, 2.05) is 6.92 Å². The van der Waals surface area contributed by atoms with Crippen molar-refractivity contribution >= 4 is 40.8 Å². The monoisotopic (exact) mass is 444 g/mol. The Morgan fingerprint density at radius 2 is 2.00 bits per heavy atom. The third kappa shape index (κ3) is 6.68. The third-order valence-corrected chi connectivity index (χ3v) is 3.59. The van der Waals surface area contributed by atoms with E-state index >= 15 is 0 Å². The van der Waals surface area contributed by atoms with E-state index in [0.717, 1.165) is 45.2 Å². The van der Waals surface area contributed by atoms with Crippen LogP contribution in [0.1, 0.15) is 20.3 Å². The predicted octanol–water partition coefficient (Wildman–Crippen LogP) is 3.24. The first-order valence-corrected chi connectivity index (χ1v) is 8.49. The molecule has 2 N–H and O–H groups in total. The second-order valence-electron chi connectivity index (χ2n) is 5.31. The van der Waals surface area contributed by atoms with Crippen LogP contribution in [0.2, 0.25) is 0 Å². The summed E-state index contributed by atoms with van der Waals surface area (Å²) in [6.07, 6.45) is 3.17. The smallest absolute Gasteiger partial charge is 0.191 e. The molecule has 0 aliphatic rings. The molecule has 0 unspecified atom stereocenters. The van der Waals surface area contributed by atoms with Gasteiger partial charge >= 0.3 is 0 Å². The Morgan fingerprint density at radius 1 is 1.17 bits per heavy atom. The Labute approximate surface area is 161 Å². The lowest BCUT2D eigenvalue weighted by molar-refractivity contribution is 0.152. The van der Waals surface area contributed by atoms with Gasteiger partial charge in [-0.15, -0.1) is 24.0 Å². The number of benzene rings is 1. The lowest BCUT2D eigenvalue weighted by Crippen LogP contribution is -2.39. The highest BCUT2D eigenvalue weighted by Gasteiger charge is 2.00. The third-order valence-electron chi connectivity index (χ3n) is 3.59. The largest absolute Gasteiger partial charge is 0.380 e. The number of nitrogens with one attached hydrogen (secondary N) is 2. The van der Waals surface area contributed by atoms with Crippen LogP contribution in [0.3, 0.4) is 0 Å². The minimum Gasteiger partial charge on any atom is -0.380 e. The zero-order valence-corrected chi connectivity index (χ0v) is 17.0. The second kappa shape index (κ2) is 12.1. The first-order valence-electron chi connectivity index (χ1n) is 8.49. The van der Waals surface area contributed by atoms with Crippen molar-refractivity contribution in [3.63, 3.8) is 0 Å². The highest BCUT2D eigenvalue weighted by Crippen LogP contribution is 2.15. The number of halogens is 1. The van der Waals surface area contributed by atoms with Gasteiger partial charge in [0.25, 0.3) is 0 Å². The fourth-order valence-corrected chi connectivity index (χ4v) is 2.50. The van der Waals surface area contributed by atoms with Crippen LogP contribution in [0.15, 0.2) is 41.5 Å². The van der Waals surface area contributed by atoms with Gasteiger partial charge in [-0.05, 0) is 37.8 Å². The summed E-state index contributed by atoms with van der Waals surface area (Å²) < 4.78 is 7.62. The maximum atomic E-state index is 5.33. The van der Waals surface area contributed by atoms with Crippen LogP contribution in [0, 0.1) is 0 Å². The van der Waals surface area contributed by atoms with Gasteiger partial charge < -0.3 is 19.9 Å². The Balaban J connectivity index is 0.00000288. The number of aliphatic imine (C=N–C) groups is 1. The molecule has 1 aromatic carbocycles. The van der Waals surface area contributed by atoms with Crippen molar-refractivity contribution in [3.05, 3.63) is 36.5 Å². The standard InChI is InChI=1S/C18H28N4O.HI/c1-3-19-18(21-12-15-23-4-2)20-11-7-13-22-14-10-16-8-5-6-9-17(16)22;/h5-6,8-10,14H,3-4,7,11-13,15H2,1-2H3,(H2,19,20,21);1H. The summed E-state index contributed by atoms with van der Waals surface area (Å²) in [7, 11) is 0. The number of rotatable bonds is 9. The Morgan fingerprint density at radius 3 is 2.79 bits per heavy atom. The van der Waals surface area contributed by atoms with Gasteiger partial charge in [0.1, 0.15) is 0 Å². The van der Waals surface area contributed by atoms with Gasteiger partial charge in [-0.2, -0.15) is 0 Å². The van der Waals surface area contributed by atoms with Crippen LogP contribution >= 0.6 is 24.0 Å². The van der Waals surface area contributed by atoms with Crippen molar-refractivity contribution in [2.75, 3.05) is 32.8 Å². The molecule has 0 atom stereocenters. The van der Waals surface area contributed by atoms with Gasteiger partial charge in [0.15, 0.2) is 5.96 Å². The van der Waals surface area contributed by atoms with Gasteiger partial charge in [-0.3, -0.25) is 4.99 Å². The normalized spacial score (nSPS) is 11.3. The number of para-hydroxylation sites is 1. The number of hydrogen-bond donors (Lipinski definition) is 2. The van der Waals surface area contributed by atoms with Crippen LogP contribution in [-0.2, 0) is 11.3 Å². The maximum absolute atomic E-state index is 5.33. The number of aromatic nitrogens is 1. The van der Waals surface area contributed by atoms with Gasteiger partial charge in [0, 0.05) is 44.5 Å². The van der Waals surface area contributed by atoms with Gasteiger partial charge in [0.2, 0.25) is 0 Å². The van der Waals surface area contributed by atoms with E-state index in [1.165, 1.54) is 10.9 Å². The molecule has 5 nitrogen and oxygen atoms in total. The summed E-state index contributed by atoms with van der Waals surface area (Å²) in [6, 6.07) is 10.6. The molecule has 0 aliphatic heterocycles. The molecule has 0 amide bonds. The summed E-state index contributed by atoms with van der Waals surface area (Å²) in [4.78, 5) is 4.62. The van der Waals surface area contributed by atoms with Crippen LogP contribution in [0.25, 0.3) is 10.9 Å². The number of guanidine groups is 1. The number of hydrogen-bond acceptors (Lipinski definition) is 2. The minimum atomic E-state index is 0. The molecule has 0 bridgehead atoms. The molecule has 1 heterocycles. The second-order valence-corrected chi connectivity index (χ2v) is 5.31. The highest BCUT2D eigenvalue weighted by molar-refractivity contribution is 14.0. The van der Waals surface area contributed by atoms with Crippen LogP contribution in [0.5, 0.6) is 0 Å². The highest BCUT2D eigenvalue weighted by atomic mass is 127. The van der Waals surface area contributed by atoms with Crippen LogP contribution < -0.4 is 10.6 Å². The topological polar surface area (TPSA) is 50.6 Å². The fourth-order valence-electron chi connectivity index (χ4n) is 2.50. The molecule has 0 saturated carbocycles. The molecule has 134 valence electrons. The number of aryl methyl sites for hydroxylation is 1. The molecular weight excluding hydrogens is 415 g/mol. The van der Waals surface area contributed by atoms with Gasteiger partial charge in [0.05, 0.1) is 6.61 Å². The van der Waals surface area contributed by atoms with E-state index < -0.39 is 0 Å². The Kier molecular flexibility index (Phi) is 10.5. The molecule has 0 fully saturated rings. The van der Waals surface area contributed by atoms with E-state index in [4.69, 9.17) is 4.74 Å². The van der Waals surface area contributed by atoms with Crippen LogP contribution in [-0.4, -0.2) is 43.4 Å². The van der Waals surface area contributed by atoms with E-state index in [-0.39, 0.29) is 24.0 Å². The predicted molar refractivity (Wildman–Crippen MR) is 112 cm³/mol. The molecule has 0 radical (unpaired) electrons. The lowest BCUT2D eigenvalue weighted by Gasteiger charge is -2.11. The SMILES string of the molecule is CCNC(=NCCCn1ccc2ccccc21)NCCOCC.I. The molecule has 0 saturated heterocycles. The molecular formula is C18H29IN4O. The molecule has 0 aliphatic carbocycles. The van der Waals surface area contributed by atoms with Gasteiger partial charge in [-0.1, -0.05) is 18.2 Å². The summed E-state index contributed by atoms with van der Waals surface area (Å²) in [5.41, 5.74) is 1.29. The van der Waals surface area contributed by atoms with Crippen molar-refractivity contribution in [2.45, 2.75) is 26.8 Å². The van der Waals surface area contributed by atoms with Crippen molar-refractivity contribution in [2.24, 2.45) is 4.99 Å².